The minimum atomic E-state index is -4.47. The zero-order valence-electron chi connectivity index (χ0n) is 16.6. The summed E-state index contributed by atoms with van der Waals surface area (Å²) >= 11 is 0. The van der Waals surface area contributed by atoms with Crippen LogP contribution in [0, 0.1) is 0 Å². The van der Waals surface area contributed by atoms with Crippen molar-refractivity contribution in [1.29, 1.82) is 0 Å². The summed E-state index contributed by atoms with van der Waals surface area (Å²) in [7, 11) is 0. The predicted molar refractivity (Wildman–Crippen MR) is 107 cm³/mol. The molecule has 162 valence electrons. The van der Waals surface area contributed by atoms with E-state index >= 15 is 0 Å². The van der Waals surface area contributed by atoms with Gasteiger partial charge in [-0.25, -0.2) is 0 Å². The number of rotatable bonds is 3. The Bertz CT molecular complexity index is 1050. The molecule has 2 aliphatic rings. The lowest BCUT2D eigenvalue weighted by molar-refractivity contribution is -0.138. The molecule has 1 heterocycles. The first kappa shape index (κ1) is 21.1. The van der Waals surface area contributed by atoms with Crippen LogP contribution in [-0.2, 0) is 6.18 Å². The number of benzene rings is 2. The summed E-state index contributed by atoms with van der Waals surface area (Å²) in [5.41, 5.74) is 0.0381. The van der Waals surface area contributed by atoms with E-state index in [1.165, 1.54) is 30.3 Å². The van der Waals surface area contributed by atoms with Crippen LogP contribution in [0.1, 0.15) is 80.2 Å². The van der Waals surface area contributed by atoms with E-state index in [1.807, 2.05) is 0 Å². The summed E-state index contributed by atoms with van der Waals surface area (Å²) in [4.78, 5) is 36.5. The van der Waals surface area contributed by atoms with Crippen LogP contribution < -0.4 is 10.6 Å². The van der Waals surface area contributed by atoms with Crippen LogP contribution in [0.5, 0.6) is 0 Å². The lowest BCUT2D eigenvalue weighted by Crippen LogP contribution is -2.39. The third-order valence-corrected chi connectivity index (χ3v) is 6.00. The first-order chi connectivity index (χ1) is 14.8. The Hall–Kier alpha value is -3.16. The Morgan fingerprint density at radius 3 is 2.42 bits per heavy atom. The molecule has 0 spiro atoms. The minimum absolute atomic E-state index is 0.123. The number of fused-ring (bicyclic) bond motifs is 1. The van der Waals surface area contributed by atoms with Gasteiger partial charge in [0.1, 0.15) is 0 Å². The number of amides is 3. The van der Waals surface area contributed by atoms with Crippen molar-refractivity contribution in [3.63, 3.8) is 0 Å². The van der Waals surface area contributed by atoms with E-state index in [0.29, 0.717) is 12.8 Å². The molecular formula is C23H21F3N2O3. The van der Waals surface area contributed by atoms with Crippen molar-refractivity contribution < 1.29 is 27.6 Å². The quantitative estimate of drug-likeness (QED) is 0.559. The molecule has 1 fully saturated rings. The zero-order valence-corrected chi connectivity index (χ0v) is 16.6. The third-order valence-electron chi connectivity index (χ3n) is 6.00. The normalized spacial score (nSPS) is 21.3. The fraction of sp³-hybridized carbons (Fsp3) is 0.348. The number of imide groups is 1. The van der Waals surface area contributed by atoms with E-state index in [0.717, 1.165) is 25.3 Å². The summed E-state index contributed by atoms with van der Waals surface area (Å²) in [5, 5.41) is 5.07. The van der Waals surface area contributed by atoms with Gasteiger partial charge in [0.2, 0.25) is 0 Å². The SMILES string of the molecule is O=C(NC1CCCCCC1c1ccccc1C(F)(F)F)c1ccc2c(c1)C(=O)NC2=O. The zero-order chi connectivity index (χ0) is 22.2. The molecule has 2 N–H and O–H groups in total. The van der Waals surface area contributed by atoms with Gasteiger partial charge in [0.05, 0.1) is 16.7 Å². The van der Waals surface area contributed by atoms with Gasteiger partial charge in [-0.2, -0.15) is 13.2 Å². The lowest BCUT2D eigenvalue weighted by atomic mass is 9.84. The van der Waals surface area contributed by atoms with Crippen LogP contribution in [0.2, 0.25) is 0 Å². The number of nitrogens with one attached hydrogen (secondary N) is 2. The second-order valence-corrected chi connectivity index (χ2v) is 7.95. The Balaban J connectivity index is 1.62. The fourth-order valence-electron chi connectivity index (χ4n) is 4.49. The molecule has 1 saturated carbocycles. The van der Waals surface area contributed by atoms with Crippen LogP contribution >= 0.6 is 0 Å². The maximum Gasteiger partial charge on any atom is 0.416 e. The van der Waals surface area contributed by atoms with Crippen LogP contribution in [0.3, 0.4) is 0 Å². The first-order valence-electron chi connectivity index (χ1n) is 10.2. The van der Waals surface area contributed by atoms with Crippen molar-refractivity contribution in [2.24, 2.45) is 0 Å². The maximum atomic E-state index is 13.6. The summed E-state index contributed by atoms with van der Waals surface area (Å²) < 4.78 is 40.8. The summed E-state index contributed by atoms with van der Waals surface area (Å²) in [6.45, 7) is 0. The molecule has 1 aliphatic carbocycles. The van der Waals surface area contributed by atoms with Gasteiger partial charge in [0.25, 0.3) is 17.7 Å². The average molecular weight is 430 g/mol. The Labute approximate surface area is 177 Å². The van der Waals surface area contributed by atoms with Crippen molar-refractivity contribution in [1.82, 2.24) is 10.6 Å². The number of hydrogen-bond donors (Lipinski definition) is 2. The fourth-order valence-corrected chi connectivity index (χ4v) is 4.49. The predicted octanol–water partition coefficient (Wildman–Crippen LogP) is 4.44. The number of carbonyl (C=O) groups excluding carboxylic acids is 3. The van der Waals surface area contributed by atoms with Gasteiger partial charge in [-0.3, -0.25) is 19.7 Å². The number of alkyl halides is 3. The van der Waals surface area contributed by atoms with E-state index < -0.39 is 41.4 Å². The first-order valence-corrected chi connectivity index (χ1v) is 10.2. The van der Waals surface area contributed by atoms with Crippen molar-refractivity contribution in [2.45, 2.75) is 50.2 Å². The van der Waals surface area contributed by atoms with Gasteiger partial charge in [0, 0.05) is 17.5 Å². The number of hydrogen-bond acceptors (Lipinski definition) is 3. The van der Waals surface area contributed by atoms with Crippen molar-refractivity contribution in [3.05, 3.63) is 70.3 Å². The van der Waals surface area contributed by atoms with Crippen LogP contribution in [0.15, 0.2) is 42.5 Å². The van der Waals surface area contributed by atoms with Crippen LogP contribution in [0.25, 0.3) is 0 Å². The molecule has 0 radical (unpaired) electrons. The maximum absolute atomic E-state index is 13.6. The minimum Gasteiger partial charge on any atom is -0.349 e. The summed E-state index contributed by atoms with van der Waals surface area (Å²) in [6.07, 6.45) is -0.901. The average Bonchev–Trinajstić information content (AvgIpc) is 2.89. The molecule has 3 amide bonds. The molecule has 4 rings (SSSR count). The third kappa shape index (κ3) is 4.19. The highest BCUT2D eigenvalue weighted by Crippen LogP contribution is 2.40. The molecule has 0 bridgehead atoms. The molecule has 8 heteroatoms. The molecule has 0 aromatic heterocycles. The highest BCUT2D eigenvalue weighted by molar-refractivity contribution is 6.22. The van der Waals surface area contributed by atoms with Gasteiger partial charge in [0.15, 0.2) is 0 Å². The van der Waals surface area contributed by atoms with Crippen LogP contribution in [0.4, 0.5) is 13.2 Å². The van der Waals surface area contributed by atoms with Crippen molar-refractivity contribution in [2.75, 3.05) is 0 Å². The standard InChI is InChI=1S/C23H21F3N2O3/c24-23(25,26)18-8-5-4-6-14(18)15-7-2-1-3-9-19(15)27-20(29)13-10-11-16-17(12-13)22(31)28-21(16)30/h4-6,8,10-12,15,19H,1-3,7,9H2,(H,27,29)(H,28,30,31). The molecule has 2 unspecified atom stereocenters. The van der Waals surface area contributed by atoms with E-state index in [2.05, 4.69) is 10.6 Å². The number of carbonyl (C=O) groups is 3. The van der Waals surface area contributed by atoms with E-state index in [4.69, 9.17) is 0 Å². The molecule has 5 nitrogen and oxygen atoms in total. The van der Waals surface area contributed by atoms with E-state index in [-0.39, 0.29) is 22.3 Å². The smallest absolute Gasteiger partial charge is 0.349 e. The molecule has 2 atom stereocenters. The lowest BCUT2D eigenvalue weighted by Gasteiger charge is -2.29. The van der Waals surface area contributed by atoms with Gasteiger partial charge in [-0.15, -0.1) is 0 Å². The largest absolute Gasteiger partial charge is 0.416 e. The molecule has 1 aliphatic heterocycles. The summed E-state index contributed by atoms with van der Waals surface area (Å²) in [6, 6.07) is 9.26. The molecular weight excluding hydrogens is 409 g/mol. The Morgan fingerprint density at radius 2 is 1.65 bits per heavy atom. The highest BCUT2D eigenvalue weighted by Gasteiger charge is 2.37. The van der Waals surface area contributed by atoms with Gasteiger partial charge >= 0.3 is 6.18 Å². The molecule has 0 saturated heterocycles. The molecule has 31 heavy (non-hydrogen) atoms. The van der Waals surface area contributed by atoms with E-state index in [1.54, 1.807) is 6.07 Å². The number of halogens is 3. The highest BCUT2D eigenvalue weighted by atomic mass is 19.4. The second kappa shape index (κ2) is 8.17. The van der Waals surface area contributed by atoms with Crippen molar-refractivity contribution >= 4 is 17.7 Å². The Kier molecular flexibility index (Phi) is 5.56. The topological polar surface area (TPSA) is 75.3 Å². The Morgan fingerprint density at radius 1 is 0.935 bits per heavy atom. The second-order valence-electron chi connectivity index (χ2n) is 7.95. The summed E-state index contributed by atoms with van der Waals surface area (Å²) in [5.74, 6) is -2.03. The van der Waals surface area contributed by atoms with Crippen LogP contribution in [-0.4, -0.2) is 23.8 Å². The monoisotopic (exact) mass is 430 g/mol. The van der Waals surface area contributed by atoms with Gasteiger partial charge in [-0.1, -0.05) is 37.5 Å². The van der Waals surface area contributed by atoms with E-state index in [9.17, 15) is 27.6 Å². The van der Waals surface area contributed by atoms with Gasteiger partial charge < -0.3 is 5.32 Å². The molecule has 2 aromatic carbocycles. The van der Waals surface area contributed by atoms with Gasteiger partial charge in [-0.05, 0) is 42.7 Å². The van der Waals surface area contributed by atoms with Crippen molar-refractivity contribution in [3.8, 4) is 0 Å². The molecule has 2 aromatic rings.